The Balaban J connectivity index is 1.39. The minimum absolute atomic E-state index is 0.181. The smallest absolute Gasteiger partial charge is 0.410 e. The molecule has 1 aromatic rings. The molecule has 0 radical (unpaired) electrons. The molecular formula is C19H29N3O2. The van der Waals surface area contributed by atoms with E-state index in [9.17, 15) is 4.79 Å². The Labute approximate surface area is 145 Å². The van der Waals surface area contributed by atoms with Gasteiger partial charge >= 0.3 is 6.09 Å². The van der Waals surface area contributed by atoms with Crippen LogP contribution in [0, 0.1) is 0 Å². The molecule has 2 saturated heterocycles. The second-order valence-electron chi connectivity index (χ2n) is 6.73. The topological polar surface area (TPSA) is 36.0 Å². The highest BCUT2D eigenvalue weighted by molar-refractivity contribution is 5.67. The first-order valence-electron chi connectivity index (χ1n) is 9.18. The fourth-order valence-electron chi connectivity index (χ4n) is 3.68. The van der Waals surface area contributed by atoms with Gasteiger partial charge in [-0.2, -0.15) is 0 Å². The molecular weight excluding hydrogens is 302 g/mol. The normalized spacial score (nSPS) is 21.0. The second kappa shape index (κ2) is 8.49. The number of carbonyl (C=O) groups excluding carboxylic acids is 1. The third kappa shape index (κ3) is 4.48. The quantitative estimate of drug-likeness (QED) is 0.849. The number of benzene rings is 1. The molecule has 132 valence electrons. The Bertz CT molecular complexity index is 507. The molecule has 0 aliphatic carbocycles. The van der Waals surface area contributed by atoms with Gasteiger partial charge in [0.05, 0.1) is 0 Å². The number of likely N-dealkylation sites (tertiary alicyclic amines) is 1. The number of piperazine rings is 1. The van der Waals surface area contributed by atoms with E-state index in [2.05, 4.69) is 16.7 Å². The van der Waals surface area contributed by atoms with Gasteiger partial charge in [-0.15, -0.1) is 0 Å². The van der Waals surface area contributed by atoms with Crippen LogP contribution in [-0.2, 0) is 11.3 Å². The molecule has 0 unspecified atom stereocenters. The number of rotatable bonds is 4. The largest absolute Gasteiger partial charge is 0.445 e. The van der Waals surface area contributed by atoms with Crippen molar-refractivity contribution in [3.63, 3.8) is 0 Å². The fraction of sp³-hybridized carbons (Fsp3) is 0.632. The molecule has 0 aromatic heterocycles. The fourth-order valence-corrected chi connectivity index (χ4v) is 3.68. The molecule has 5 heteroatoms. The lowest BCUT2D eigenvalue weighted by atomic mass is 10.0. The van der Waals surface area contributed by atoms with Crippen molar-refractivity contribution in [2.45, 2.75) is 32.4 Å². The van der Waals surface area contributed by atoms with E-state index < -0.39 is 0 Å². The Morgan fingerprint density at radius 1 is 1.04 bits per heavy atom. The summed E-state index contributed by atoms with van der Waals surface area (Å²) in [4.78, 5) is 19.1. The van der Waals surface area contributed by atoms with Gasteiger partial charge in [-0.25, -0.2) is 4.79 Å². The van der Waals surface area contributed by atoms with E-state index in [1.807, 2.05) is 35.2 Å². The summed E-state index contributed by atoms with van der Waals surface area (Å²) in [6.45, 7) is 9.67. The van der Waals surface area contributed by atoms with Crippen LogP contribution in [-0.4, -0.2) is 72.6 Å². The zero-order valence-corrected chi connectivity index (χ0v) is 14.7. The minimum atomic E-state index is -0.181. The predicted molar refractivity (Wildman–Crippen MR) is 94.9 cm³/mol. The number of ether oxygens (including phenoxy) is 1. The summed E-state index contributed by atoms with van der Waals surface area (Å²) < 4.78 is 5.44. The van der Waals surface area contributed by atoms with Crippen LogP contribution in [0.25, 0.3) is 0 Å². The zero-order chi connectivity index (χ0) is 16.8. The SMILES string of the molecule is CCN1CCC(N2CCN(C(=O)OCc3ccccc3)CC2)CC1. The predicted octanol–water partition coefficient (Wildman–Crippen LogP) is 2.43. The van der Waals surface area contributed by atoms with Crippen LogP contribution >= 0.6 is 0 Å². The first-order valence-corrected chi connectivity index (χ1v) is 9.18. The third-order valence-corrected chi connectivity index (χ3v) is 5.30. The molecule has 0 bridgehead atoms. The first-order chi connectivity index (χ1) is 11.8. The lowest BCUT2D eigenvalue weighted by Gasteiger charge is -2.42. The number of piperidine rings is 1. The number of carbonyl (C=O) groups is 1. The summed E-state index contributed by atoms with van der Waals surface area (Å²) in [6, 6.07) is 10.5. The van der Waals surface area contributed by atoms with Crippen molar-refractivity contribution in [1.29, 1.82) is 0 Å². The van der Waals surface area contributed by atoms with Gasteiger partial charge in [-0.1, -0.05) is 37.3 Å². The van der Waals surface area contributed by atoms with E-state index in [-0.39, 0.29) is 6.09 Å². The maximum atomic E-state index is 12.2. The second-order valence-corrected chi connectivity index (χ2v) is 6.73. The van der Waals surface area contributed by atoms with Gasteiger partial charge in [0, 0.05) is 32.2 Å². The maximum Gasteiger partial charge on any atom is 0.410 e. The van der Waals surface area contributed by atoms with Gasteiger partial charge in [0.2, 0.25) is 0 Å². The van der Waals surface area contributed by atoms with Crippen LogP contribution in [0.4, 0.5) is 4.79 Å². The van der Waals surface area contributed by atoms with Crippen LogP contribution in [0.1, 0.15) is 25.3 Å². The van der Waals surface area contributed by atoms with Crippen molar-refractivity contribution in [2.24, 2.45) is 0 Å². The summed E-state index contributed by atoms with van der Waals surface area (Å²) in [5.41, 5.74) is 1.03. The average Bonchev–Trinajstić information content (AvgIpc) is 2.67. The van der Waals surface area contributed by atoms with E-state index in [1.54, 1.807) is 0 Å². The molecule has 2 aliphatic rings. The summed E-state index contributed by atoms with van der Waals surface area (Å²) in [5.74, 6) is 0. The van der Waals surface area contributed by atoms with Crippen molar-refractivity contribution in [1.82, 2.24) is 14.7 Å². The standard InChI is InChI=1S/C19H29N3O2/c1-2-20-10-8-18(9-11-20)21-12-14-22(15-13-21)19(23)24-16-17-6-4-3-5-7-17/h3-7,18H,2,8-16H2,1H3. The first kappa shape index (κ1) is 17.2. The average molecular weight is 331 g/mol. The molecule has 5 nitrogen and oxygen atoms in total. The molecule has 2 aliphatic heterocycles. The third-order valence-electron chi connectivity index (χ3n) is 5.30. The summed E-state index contributed by atoms with van der Waals surface area (Å²) in [6.07, 6.45) is 2.33. The number of amides is 1. The molecule has 1 amide bonds. The van der Waals surface area contributed by atoms with Gasteiger partial charge < -0.3 is 14.5 Å². The molecule has 2 fully saturated rings. The van der Waals surface area contributed by atoms with Crippen LogP contribution in [0.5, 0.6) is 0 Å². The van der Waals surface area contributed by atoms with Crippen molar-refractivity contribution in [3.8, 4) is 0 Å². The lowest BCUT2D eigenvalue weighted by molar-refractivity contribution is 0.0442. The Kier molecular flexibility index (Phi) is 6.10. The highest BCUT2D eigenvalue weighted by Gasteiger charge is 2.28. The maximum absolute atomic E-state index is 12.2. The van der Waals surface area contributed by atoms with Gasteiger partial charge in [0.25, 0.3) is 0 Å². The molecule has 0 N–H and O–H groups in total. The monoisotopic (exact) mass is 331 g/mol. The number of hydrogen-bond donors (Lipinski definition) is 0. The molecule has 2 heterocycles. The van der Waals surface area contributed by atoms with Crippen molar-refractivity contribution in [2.75, 3.05) is 45.8 Å². The van der Waals surface area contributed by atoms with Gasteiger partial charge in [0.15, 0.2) is 0 Å². The number of nitrogens with zero attached hydrogens (tertiary/aromatic N) is 3. The number of hydrogen-bond acceptors (Lipinski definition) is 4. The van der Waals surface area contributed by atoms with E-state index in [0.717, 1.165) is 38.3 Å². The molecule has 24 heavy (non-hydrogen) atoms. The van der Waals surface area contributed by atoms with Crippen LogP contribution < -0.4 is 0 Å². The summed E-state index contributed by atoms with van der Waals surface area (Å²) in [5, 5.41) is 0. The minimum Gasteiger partial charge on any atom is -0.445 e. The van der Waals surface area contributed by atoms with Gasteiger partial charge in [-0.05, 0) is 38.0 Å². The van der Waals surface area contributed by atoms with Crippen LogP contribution in [0.2, 0.25) is 0 Å². The van der Waals surface area contributed by atoms with E-state index in [4.69, 9.17) is 4.74 Å². The van der Waals surface area contributed by atoms with Crippen molar-refractivity contribution >= 4 is 6.09 Å². The van der Waals surface area contributed by atoms with Crippen molar-refractivity contribution < 1.29 is 9.53 Å². The molecule has 0 spiro atoms. The summed E-state index contributed by atoms with van der Waals surface area (Å²) >= 11 is 0. The van der Waals surface area contributed by atoms with Crippen LogP contribution in [0.15, 0.2) is 30.3 Å². The molecule has 3 rings (SSSR count). The van der Waals surface area contributed by atoms with Crippen molar-refractivity contribution in [3.05, 3.63) is 35.9 Å². The van der Waals surface area contributed by atoms with E-state index >= 15 is 0 Å². The Morgan fingerprint density at radius 3 is 2.33 bits per heavy atom. The van der Waals surface area contributed by atoms with Crippen LogP contribution in [0.3, 0.4) is 0 Å². The Morgan fingerprint density at radius 2 is 1.71 bits per heavy atom. The van der Waals surface area contributed by atoms with E-state index in [0.29, 0.717) is 12.6 Å². The zero-order valence-electron chi connectivity index (χ0n) is 14.7. The molecule has 0 atom stereocenters. The molecule has 0 saturated carbocycles. The summed E-state index contributed by atoms with van der Waals surface area (Å²) in [7, 11) is 0. The van der Waals surface area contributed by atoms with E-state index in [1.165, 1.54) is 25.9 Å². The lowest BCUT2D eigenvalue weighted by Crippen LogP contribution is -2.54. The highest BCUT2D eigenvalue weighted by Crippen LogP contribution is 2.18. The van der Waals surface area contributed by atoms with Gasteiger partial charge in [-0.3, -0.25) is 4.90 Å². The highest BCUT2D eigenvalue weighted by atomic mass is 16.6. The Hall–Kier alpha value is -1.59. The molecule has 1 aromatic carbocycles. The van der Waals surface area contributed by atoms with Gasteiger partial charge in [0.1, 0.15) is 6.61 Å².